The minimum absolute atomic E-state index is 0.210. The van der Waals surface area contributed by atoms with E-state index in [0.717, 1.165) is 15.9 Å². The number of thioether (sulfide) groups is 1. The molecule has 0 bridgehead atoms. The zero-order valence-corrected chi connectivity index (χ0v) is 12.7. The highest BCUT2D eigenvalue weighted by molar-refractivity contribution is 8.00. The van der Waals surface area contributed by atoms with Gasteiger partial charge in [0.05, 0.1) is 7.11 Å². The van der Waals surface area contributed by atoms with Crippen LogP contribution < -0.4 is 5.32 Å². The van der Waals surface area contributed by atoms with Crippen LogP contribution in [0.25, 0.3) is 0 Å². The number of aryl methyl sites for hydroxylation is 1. The van der Waals surface area contributed by atoms with Crippen molar-refractivity contribution in [1.29, 1.82) is 0 Å². The summed E-state index contributed by atoms with van der Waals surface area (Å²) in [7, 11) is 1.42. The lowest BCUT2D eigenvalue weighted by Gasteiger charge is -2.18. The first-order valence-electron chi connectivity index (χ1n) is 5.80. The normalized spacial score (nSPS) is 12.7. The molecule has 0 aliphatic heterocycles. The summed E-state index contributed by atoms with van der Waals surface area (Å²) < 4.78 is 9.85. The van der Waals surface area contributed by atoms with E-state index in [2.05, 4.69) is 14.7 Å². The second kappa shape index (κ2) is 7.70. The molecule has 0 radical (unpaired) electrons. The van der Waals surface area contributed by atoms with Crippen LogP contribution in [0.3, 0.4) is 0 Å². The van der Waals surface area contributed by atoms with Gasteiger partial charge in [-0.3, -0.25) is 4.79 Å². The summed E-state index contributed by atoms with van der Waals surface area (Å²) in [5, 5.41) is 3.20. The topological polar surface area (TPSA) is 64.1 Å². The number of aromatic nitrogens is 2. The molecule has 18 heavy (non-hydrogen) atoms. The first-order chi connectivity index (χ1) is 8.52. The van der Waals surface area contributed by atoms with Crippen LogP contribution >= 0.6 is 23.3 Å². The largest absolute Gasteiger partial charge is 0.468 e. The number of ether oxygens (including phenoxy) is 1. The van der Waals surface area contributed by atoms with Crippen molar-refractivity contribution in [2.45, 2.75) is 43.6 Å². The third kappa shape index (κ3) is 5.32. The van der Waals surface area contributed by atoms with Gasteiger partial charge < -0.3 is 10.1 Å². The van der Waals surface area contributed by atoms with Gasteiger partial charge in [0.1, 0.15) is 11.9 Å². The molecule has 1 aromatic rings. The molecule has 0 aliphatic carbocycles. The lowest BCUT2D eigenvalue weighted by atomic mass is 10.2. The predicted octanol–water partition coefficient (Wildman–Crippen LogP) is 1.87. The molecule has 0 saturated carbocycles. The van der Waals surface area contributed by atoms with Crippen LogP contribution in [-0.2, 0) is 9.53 Å². The smallest absolute Gasteiger partial charge is 0.322 e. The fraction of sp³-hybridized carbons (Fsp3) is 0.727. The number of nitrogens with zero attached hydrogens (tertiary/aromatic N) is 2. The number of carbonyl (C=O) groups is 1. The highest BCUT2D eigenvalue weighted by Crippen LogP contribution is 2.21. The minimum atomic E-state index is -0.253. The van der Waals surface area contributed by atoms with E-state index in [-0.39, 0.29) is 18.1 Å². The standard InChI is InChI=1S/C11H19N3O2S2/c1-7(2)12-9(10(15)16-4)5-6-17-11-13-8(3)14-18-11/h7,9,12H,5-6H2,1-4H3. The molecule has 1 rings (SSSR count). The number of methoxy groups -OCH3 is 1. The Morgan fingerprint density at radius 2 is 2.28 bits per heavy atom. The Morgan fingerprint density at radius 3 is 2.78 bits per heavy atom. The van der Waals surface area contributed by atoms with Gasteiger partial charge >= 0.3 is 5.97 Å². The maximum absolute atomic E-state index is 11.6. The van der Waals surface area contributed by atoms with Gasteiger partial charge in [-0.05, 0) is 24.9 Å². The second-order valence-corrected chi connectivity index (χ2v) is 6.24. The van der Waals surface area contributed by atoms with Gasteiger partial charge in [0, 0.05) is 11.8 Å². The van der Waals surface area contributed by atoms with E-state index in [4.69, 9.17) is 4.74 Å². The Kier molecular flexibility index (Phi) is 6.59. The third-order valence-corrected chi connectivity index (χ3v) is 4.12. The maximum atomic E-state index is 11.6. The summed E-state index contributed by atoms with van der Waals surface area (Å²) in [6.45, 7) is 5.90. The molecule has 1 N–H and O–H groups in total. The van der Waals surface area contributed by atoms with Crippen molar-refractivity contribution in [3.8, 4) is 0 Å². The van der Waals surface area contributed by atoms with Crippen molar-refractivity contribution < 1.29 is 9.53 Å². The lowest BCUT2D eigenvalue weighted by molar-refractivity contribution is -0.143. The quantitative estimate of drug-likeness (QED) is 0.610. The van der Waals surface area contributed by atoms with E-state index >= 15 is 0 Å². The Morgan fingerprint density at radius 1 is 1.56 bits per heavy atom. The molecule has 0 saturated heterocycles. The summed E-state index contributed by atoms with van der Waals surface area (Å²) in [6.07, 6.45) is 0.716. The Labute approximate surface area is 116 Å². The Hall–Kier alpha value is -0.660. The van der Waals surface area contributed by atoms with E-state index < -0.39 is 0 Å². The van der Waals surface area contributed by atoms with Gasteiger partial charge in [-0.15, -0.1) is 0 Å². The van der Waals surface area contributed by atoms with E-state index in [1.165, 1.54) is 18.6 Å². The molecule has 1 unspecified atom stereocenters. The summed E-state index contributed by atoms with van der Waals surface area (Å²) in [6, 6.07) is -0.000563. The summed E-state index contributed by atoms with van der Waals surface area (Å²) >= 11 is 3.02. The van der Waals surface area contributed by atoms with Crippen molar-refractivity contribution in [3.63, 3.8) is 0 Å². The zero-order valence-electron chi connectivity index (χ0n) is 11.1. The zero-order chi connectivity index (χ0) is 13.5. The van der Waals surface area contributed by atoms with E-state index in [9.17, 15) is 4.79 Å². The van der Waals surface area contributed by atoms with Gasteiger partial charge in [-0.25, -0.2) is 4.98 Å². The van der Waals surface area contributed by atoms with Crippen molar-refractivity contribution in [1.82, 2.24) is 14.7 Å². The summed E-state index contributed by atoms with van der Waals surface area (Å²) in [4.78, 5) is 15.8. The van der Waals surface area contributed by atoms with Crippen molar-refractivity contribution >= 4 is 29.3 Å². The molecule has 0 aromatic carbocycles. The van der Waals surface area contributed by atoms with Gasteiger partial charge in [-0.2, -0.15) is 4.37 Å². The van der Waals surface area contributed by atoms with Crippen molar-refractivity contribution in [2.75, 3.05) is 12.9 Å². The summed E-state index contributed by atoms with van der Waals surface area (Å²) in [5.41, 5.74) is 0. The molecule has 102 valence electrons. The molecule has 0 amide bonds. The lowest BCUT2D eigenvalue weighted by Crippen LogP contribution is -2.41. The highest BCUT2D eigenvalue weighted by atomic mass is 32.2. The monoisotopic (exact) mass is 289 g/mol. The Balaban J connectivity index is 2.39. The molecule has 7 heteroatoms. The Bertz CT molecular complexity index is 382. The molecular formula is C11H19N3O2S2. The molecule has 0 aliphatic rings. The number of esters is 1. The third-order valence-electron chi connectivity index (χ3n) is 2.16. The van der Waals surface area contributed by atoms with Gasteiger partial charge in [-0.1, -0.05) is 25.6 Å². The van der Waals surface area contributed by atoms with Crippen LogP contribution in [0.2, 0.25) is 0 Å². The molecule has 0 fully saturated rings. The van der Waals surface area contributed by atoms with Crippen LogP contribution in [0.5, 0.6) is 0 Å². The molecule has 1 atom stereocenters. The van der Waals surface area contributed by atoms with Crippen LogP contribution in [0.1, 0.15) is 26.1 Å². The first kappa shape index (κ1) is 15.4. The van der Waals surface area contributed by atoms with Crippen LogP contribution in [0.15, 0.2) is 4.34 Å². The predicted molar refractivity (Wildman–Crippen MR) is 74.1 cm³/mol. The van der Waals surface area contributed by atoms with Crippen LogP contribution in [0, 0.1) is 6.92 Å². The minimum Gasteiger partial charge on any atom is -0.468 e. The number of hydrogen-bond acceptors (Lipinski definition) is 7. The van der Waals surface area contributed by atoms with Gasteiger partial charge in [0.15, 0.2) is 4.34 Å². The molecule has 0 spiro atoms. The average molecular weight is 289 g/mol. The molecular weight excluding hydrogens is 270 g/mol. The van der Waals surface area contributed by atoms with Crippen molar-refractivity contribution in [3.05, 3.63) is 5.82 Å². The number of hydrogen-bond donors (Lipinski definition) is 1. The van der Waals surface area contributed by atoms with Gasteiger partial charge in [0.2, 0.25) is 0 Å². The number of rotatable bonds is 7. The fourth-order valence-electron chi connectivity index (χ4n) is 1.41. The van der Waals surface area contributed by atoms with Gasteiger partial charge in [0.25, 0.3) is 0 Å². The first-order valence-corrected chi connectivity index (χ1v) is 7.55. The number of carbonyl (C=O) groups excluding carboxylic acids is 1. The maximum Gasteiger partial charge on any atom is 0.322 e. The molecule has 5 nitrogen and oxygen atoms in total. The average Bonchev–Trinajstić information content (AvgIpc) is 2.72. The van der Waals surface area contributed by atoms with Crippen molar-refractivity contribution in [2.24, 2.45) is 0 Å². The fourth-order valence-corrected chi connectivity index (χ4v) is 3.14. The molecule has 1 aromatic heterocycles. The number of nitrogens with one attached hydrogen (secondary N) is 1. The second-order valence-electron chi connectivity index (χ2n) is 4.14. The van der Waals surface area contributed by atoms with E-state index in [1.54, 1.807) is 11.8 Å². The van der Waals surface area contributed by atoms with E-state index in [0.29, 0.717) is 6.42 Å². The van der Waals surface area contributed by atoms with Crippen LogP contribution in [-0.4, -0.2) is 40.3 Å². The summed E-state index contributed by atoms with van der Waals surface area (Å²) in [5.74, 6) is 1.40. The molecule has 1 heterocycles. The highest BCUT2D eigenvalue weighted by Gasteiger charge is 2.19. The SMILES string of the molecule is COC(=O)C(CCSc1nc(C)ns1)NC(C)C. The van der Waals surface area contributed by atoms with E-state index in [1.807, 2.05) is 20.8 Å². The van der Waals surface area contributed by atoms with Crippen LogP contribution in [0.4, 0.5) is 0 Å².